The van der Waals surface area contributed by atoms with Crippen LogP contribution in [0.1, 0.15) is 0 Å². The summed E-state index contributed by atoms with van der Waals surface area (Å²) in [6.45, 7) is 4.26. The van der Waals surface area contributed by atoms with Gasteiger partial charge in [0.2, 0.25) is 5.95 Å². The summed E-state index contributed by atoms with van der Waals surface area (Å²) in [4.78, 5) is 4.46. The molecule has 0 atom stereocenters. The van der Waals surface area contributed by atoms with E-state index in [1.165, 1.54) is 0 Å². The first kappa shape index (κ1) is 11.6. The molecule has 0 aliphatic heterocycles. The summed E-state index contributed by atoms with van der Waals surface area (Å²) in [6.07, 6.45) is 1.75. The molecule has 0 aliphatic rings. The second kappa shape index (κ2) is 4.97. The van der Waals surface area contributed by atoms with Gasteiger partial charge in [-0.1, -0.05) is 18.2 Å². The van der Waals surface area contributed by atoms with Crippen LogP contribution in [0.15, 0.2) is 36.9 Å². The third kappa shape index (κ3) is 2.45. The van der Waals surface area contributed by atoms with Gasteiger partial charge in [-0.2, -0.15) is 0 Å². The van der Waals surface area contributed by atoms with Gasteiger partial charge in [0, 0.05) is 13.6 Å². The number of aryl methyl sites for hydroxylation is 1. The van der Waals surface area contributed by atoms with Crippen LogP contribution in [0.5, 0.6) is 0 Å². The van der Waals surface area contributed by atoms with Crippen molar-refractivity contribution in [3.63, 3.8) is 0 Å². The number of benzene rings is 1. The maximum absolute atomic E-state index is 5.14. The molecule has 88 valence electrons. The molecule has 0 aliphatic carbocycles. The van der Waals surface area contributed by atoms with Crippen molar-refractivity contribution >= 4 is 34.3 Å². The molecule has 1 aromatic carbocycles. The van der Waals surface area contributed by atoms with E-state index in [2.05, 4.69) is 22.2 Å². The van der Waals surface area contributed by atoms with Crippen LogP contribution < -0.4 is 10.6 Å². The topological polar surface area (TPSA) is 41.9 Å². The van der Waals surface area contributed by atoms with Crippen LogP contribution in [0.4, 0.5) is 5.95 Å². The van der Waals surface area contributed by atoms with Crippen molar-refractivity contribution < 1.29 is 0 Å². The van der Waals surface area contributed by atoms with Crippen molar-refractivity contribution in [1.29, 1.82) is 0 Å². The Kier molecular flexibility index (Phi) is 3.39. The molecule has 1 heterocycles. The van der Waals surface area contributed by atoms with E-state index in [1.807, 2.05) is 35.9 Å². The average Bonchev–Trinajstić information content (AvgIpc) is 2.64. The standard InChI is InChI=1S/C12H14N4S/c1-3-8-13-12(17)15-11-14-9-6-4-5-7-10(9)16(11)2/h3-7H,1,8H2,2H3,(H2,13,14,15,17). The molecule has 5 heteroatoms. The van der Waals surface area contributed by atoms with Crippen molar-refractivity contribution in [2.24, 2.45) is 7.05 Å². The molecular formula is C12H14N4S. The van der Waals surface area contributed by atoms with Gasteiger partial charge in [0.25, 0.3) is 0 Å². The summed E-state index contributed by atoms with van der Waals surface area (Å²) in [7, 11) is 1.95. The quantitative estimate of drug-likeness (QED) is 0.642. The predicted octanol–water partition coefficient (Wildman–Crippen LogP) is 2.05. The summed E-state index contributed by atoms with van der Waals surface area (Å²) in [5.74, 6) is 0.729. The van der Waals surface area contributed by atoms with Crippen molar-refractivity contribution in [2.45, 2.75) is 0 Å². The summed E-state index contributed by atoms with van der Waals surface area (Å²) < 4.78 is 1.97. The molecule has 2 N–H and O–H groups in total. The number of thiocarbonyl (C=S) groups is 1. The van der Waals surface area contributed by atoms with Crippen LogP contribution >= 0.6 is 12.2 Å². The van der Waals surface area contributed by atoms with E-state index in [-0.39, 0.29) is 0 Å². The van der Waals surface area contributed by atoms with Crippen molar-refractivity contribution in [2.75, 3.05) is 11.9 Å². The Morgan fingerprint density at radius 1 is 1.53 bits per heavy atom. The highest BCUT2D eigenvalue weighted by molar-refractivity contribution is 7.80. The Morgan fingerprint density at radius 2 is 2.29 bits per heavy atom. The van der Waals surface area contributed by atoms with Crippen molar-refractivity contribution in [3.05, 3.63) is 36.9 Å². The van der Waals surface area contributed by atoms with Gasteiger partial charge in [0.15, 0.2) is 5.11 Å². The van der Waals surface area contributed by atoms with Gasteiger partial charge >= 0.3 is 0 Å². The zero-order chi connectivity index (χ0) is 12.3. The summed E-state index contributed by atoms with van der Waals surface area (Å²) >= 11 is 5.14. The first-order chi connectivity index (χ1) is 8.22. The molecule has 17 heavy (non-hydrogen) atoms. The van der Waals surface area contributed by atoms with E-state index < -0.39 is 0 Å². The normalized spacial score (nSPS) is 10.2. The van der Waals surface area contributed by atoms with Gasteiger partial charge in [-0.25, -0.2) is 4.98 Å². The monoisotopic (exact) mass is 246 g/mol. The minimum Gasteiger partial charge on any atom is -0.359 e. The summed E-state index contributed by atoms with van der Waals surface area (Å²) in [6, 6.07) is 7.95. The van der Waals surface area contributed by atoms with Crippen LogP contribution in [0.3, 0.4) is 0 Å². The zero-order valence-corrected chi connectivity index (χ0v) is 10.4. The van der Waals surface area contributed by atoms with Gasteiger partial charge < -0.3 is 15.2 Å². The number of anilines is 1. The largest absolute Gasteiger partial charge is 0.359 e. The molecule has 4 nitrogen and oxygen atoms in total. The second-order valence-electron chi connectivity index (χ2n) is 3.61. The Balaban J connectivity index is 2.21. The number of hydrogen-bond donors (Lipinski definition) is 2. The molecule has 2 aromatic rings. The molecule has 0 amide bonds. The van der Waals surface area contributed by atoms with E-state index in [0.29, 0.717) is 11.7 Å². The Bertz CT molecular complexity index is 559. The van der Waals surface area contributed by atoms with E-state index >= 15 is 0 Å². The molecule has 0 spiro atoms. The van der Waals surface area contributed by atoms with Crippen LogP contribution in [-0.2, 0) is 7.05 Å². The molecule has 0 radical (unpaired) electrons. The lowest BCUT2D eigenvalue weighted by molar-refractivity contribution is 0.954. The Labute approximate surface area is 105 Å². The van der Waals surface area contributed by atoms with Crippen LogP contribution in [0, 0.1) is 0 Å². The molecule has 1 aromatic heterocycles. The highest BCUT2D eigenvalue weighted by atomic mass is 32.1. The summed E-state index contributed by atoms with van der Waals surface area (Å²) in [5, 5.41) is 6.60. The van der Waals surface area contributed by atoms with Gasteiger partial charge in [0.1, 0.15) is 0 Å². The third-order valence-electron chi connectivity index (χ3n) is 2.42. The molecule has 0 saturated heterocycles. The average molecular weight is 246 g/mol. The summed E-state index contributed by atoms with van der Waals surface area (Å²) in [5.41, 5.74) is 2.02. The Morgan fingerprint density at radius 3 is 3.00 bits per heavy atom. The number of para-hydroxylation sites is 2. The van der Waals surface area contributed by atoms with Gasteiger partial charge in [-0.05, 0) is 24.4 Å². The van der Waals surface area contributed by atoms with E-state index in [9.17, 15) is 0 Å². The lowest BCUT2D eigenvalue weighted by Gasteiger charge is -2.08. The maximum atomic E-state index is 5.14. The number of nitrogens with zero attached hydrogens (tertiary/aromatic N) is 2. The minimum atomic E-state index is 0.545. The molecular weight excluding hydrogens is 232 g/mol. The fourth-order valence-corrected chi connectivity index (χ4v) is 1.74. The molecule has 2 rings (SSSR count). The smallest absolute Gasteiger partial charge is 0.209 e. The molecule has 0 saturated carbocycles. The number of hydrogen-bond acceptors (Lipinski definition) is 2. The van der Waals surface area contributed by atoms with Gasteiger partial charge in [-0.15, -0.1) is 6.58 Å². The third-order valence-corrected chi connectivity index (χ3v) is 2.67. The van der Waals surface area contributed by atoms with Crippen LogP contribution in [0.2, 0.25) is 0 Å². The van der Waals surface area contributed by atoms with Crippen molar-refractivity contribution in [3.8, 4) is 0 Å². The Hall–Kier alpha value is -1.88. The number of fused-ring (bicyclic) bond motifs is 1. The highest BCUT2D eigenvalue weighted by Gasteiger charge is 2.07. The highest BCUT2D eigenvalue weighted by Crippen LogP contribution is 2.17. The van der Waals surface area contributed by atoms with E-state index in [1.54, 1.807) is 6.08 Å². The predicted molar refractivity (Wildman–Crippen MR) is 75.1 cm³/mol. The van der Waals surface area contributed by atoms with Crippen LogP contribution in [0.25, 0.3) is 11.0 Å². The fraction of sp³-hybridized carbons (Fsp3) is 0.167. The molecule has 0 fully saturated rings. The van der Waals surface area contributed by atoms with E-state index in [4.69, 9.17) is 12.2 Å². The van der Waals surface area contributed by atoms with Gasteiger partial charge in [0.05, 0.1) is 11.0 Å². The lowest BCUT2D eigenvalue weighted by Crippen LogP contribution is -2.29. The zero-order valence-electron chi connectivity index (χ0n) is 9.60. The fourth-order valence-electron chi connectivity index (χ4n) is 1.57. The molecule has 0 unspecified atom stereocenters. The minimum absolute atomic E-state index is 0.545. The molecule has 0 bridgehead atoms. The number of rotatable bonds is 3. The SMILES string of the molecule is C=CCNC(=S)Nc1nc2ccccc2n1C. The maximum Gasteiger partial charge on any atom is 0.209 e. The number of aromatic nitrogens is 2. The first-order valence-corrected chi connectivity index (χ1v) is 5.70. The van der Waals surface area contributed by atoms with E-state index in [0.717, 1.165) is 17.0 Å². The van der Waals surface area contributed by atoms with Crippen LogP contribution in [-0.4, -0.2) is 21.2 Å². The second-order valence-corrected chi connectivity index (χ2v) is 4.02. The lowest BCUT2D eigenvalue weighted by atomic mass is 10.3. The van der Waals surface area contributed by atoms with Crippen molar-refractivity contribution in [1.82, 2.24) is 14.9 Å². The number of nitrogens with one attached hydrogen (secondary N) is 2. The number of imidazole rings is 1. The van der Waals surface area contributed by atoms with Gasteiger partial charge in [-0.3, -0.25) is 0 Å². The first-order valence-electron chi connectivity index (χ1n) is 5.29.